The summed E-state index contributed by atoms with van der Waals surface area (Å²) in [5, 5.41) is 0. The van der Waals surface area contributed by atoms with E-state index in [2.05, 4.69) is 35.3 Å². The quantitative estimate of drug-likeness (QED) is 0.632. The first-order valence-corrected chi connectivity index (χ1v) is 4.65. The molecule has 1 nitrogen and oxygen atoms in total. The second-order valence-electron chi connectivity index (χ2n) is 3.34. The van der Waals surface area contributed by atoms with Gasteiger partial charge in [-0.15, -0.1) is 0 Å². The lowest BCUT2D eigenvalue weighted by Crippen LogP contribution is -1.89. The second kappa shape index (κ2) is 3.56. The lowest BCUT2D eigenvalue weighted by atomic mass is 9.98. The van der Waals surface area contributed by atoms with Crippen molar-refractivity contribution in [3.05, 3.63) is 47.8 Å². The highest BCUT2D eigenvalue weighted by Crippen LogP contribution is 2.23. The fourth-order valence-corrected chi connectivity index (χ4v) is 1.59. The highest BCUT2D eigenvalue weighted by molar-refractivity contribution is 5.68. The van der Waals surface area contributed by atoms with Gasteiger partial charge in [0.1, 0.15) is 0 Å². The fourth-order valence-electron chi connectivity index (χ4n) is 1.59. The molecule has 0 spiro atoms. The number of pyridine rings is 1. The second-order valence-corrected chi connectivity index (χ2v) is 3.34. The van der Waals surface area contributed by atoms with Gasteiger partial charge in [0.25, 0.3) is 0 Å². The first-order chi connectivity index (χ1) is 6.36. The molecule has 1 aliphatic carbocycles. The van der Waals surface area contributed by atoms with E-state index in [9.17, 15) is 0 Å². The summed E-state index contributed by atoms with van der Waals surface area (Å²) in [6.07, 6.45) is 10.7. The third kappa shape index (κ3) is 1.86. The van der Waals surface area contributed by atoms with Gasteiger partial charge in [-0.1, -0.05) is 18.2 Å². The number of nitrogens with zero attached hydrogens (tertiary/aromatic N) is 1. The van der Waals surface area contributed by atoms with Crippen LogP contribution in [0.25, 0.3) is 5.57 Å². The third-order valence-corrected chi connectivity index (χ3v) is 2.28. The number of rotatable bonds is 1. The zero-order valence-corrected chi connectivity index (χ0v) is 7.83. The van der Waals surface area contributed by atoms with Crippen LogP contribution in [-0.2, 0) is 0 Å². The lowest BCUT2D eigenvalue weighted by molar-refractivity contribution is 1.05. The molecule has 1 aromatic heterocycles. The molecule has 0 atom stereocenters. The van der Waals surface area contributed by atoms with Crippen molar-refractivity contribution in [2.45, 2.75) is 19.8 Å². The van der Waals surface area contributed by atoms with Gasteiger partial charge in [-0.25, -0.2) is 0 Å². The van der Waals surface area contributed by atoms with E-state index in [1.807, 2.05) is 13.1 Å². The van der Waals surface area contributed by atoms with Crippen LogP contribution in [0.15, 0.2) is 36.6 Å². The van der Waals surface area contributed by atoms with Gasteiger partial charge in [0.15, 0.2) is 0 Å². The number of hydrogen-bond acceptors (Lipinski definition) is 1. The van der Waals surface area contributed by atoms with Crippen LogP contribution in [0, 0.1) is 6.92 Å². The summed E-state index contributed by atoms with van der Waals surface area (Å²) in [7, 11) is 0. The summed E-state index contributed by atoms with van der Waals surface area (Å²) >= 11 is 0. The maximum absolute atomic E-state index is 4.19. The maximum atomic E-state index is 4.19. The molecule has 0 aliphatic heterocycles. The Hall–Kier alpha value is -1.37. The van der Waals surface area contributed by atoms with Gasteiger partial charge in [0, 0.05) is 11.9 Å². The summed E-state index contributed by atoms with van der Waals surface area (Å²) in [4.78, 5) is 4.19. The van der Waals surface area contributed by atoms with Crippen molar-refractivity contribution in [2.75, 3.05) is 0 Å². The summed E-state index contributed by atoms with van der Waals surface area (Å²) < 4.78 is 0. The van der Waals surface area contributed by atoms with E-state index in [4.69, 9.17) is 0 Å². The first-order valence-electron chi connectivity index (χ1n) is 4.65. The van der Waals surface area contributed by atoms with Gasteiger partial charge < -0.3 is 0 Å². The Morgan fingerprint density at radius 2 is 2.31 bits per heavy atom. The van der Waals surface area contributed by atoms with Gasteiger partial charge in [-0.2, -0.15) is 0 Å². The van der Waals surface area contributed by atoms with Gasteiger partial charge in [0.2, 0.25) is 0 Å². The summed E-state index contributed by atoms with van der Waals surface area (Å²) in [6, 6.07) is 4.23. The molecule has 0 amide bonds. The Kier molecular flexibility index (Phi) is 2.26. The Balaban J connectivity index is 2.34. The summed E-state index contributed by atoms with van der Waals surface area (Å²) in [6.45, 7) is 2.03. The van der Waals surface area contributed by atoms with Crippen molar-refractivity contribution in [3.63, 3.8) is 0 Å². The van der Waals surface area contributed by atoms with Gasteiger partial charge in [-0.05, 0) is 43.0 Å². The van der Waals surface area contributed by atoms with Crippen molar-refractivity contribution >= 4 is 5.57 Å². The Morgan fingerprint density at radius 1 is 1.38 bits per heavy atom. The van der Waals surface area contributed by atoms with E-state index >= 15 is 0 Å². The van der Waals surface area contributed by atoms with Gasteiger partial charge in [0.05, 0.1) is 0 Å². The molecule has 0 fully saturated rings. The largest absolute Gasteiger partial charge is 0.262 e. The van der Waals surface area contributed by atoms with Crippen LogP contribution < -0.4 is 0 Å². The summed E-state index contributed by atoms with van der Waals surface area (Å²) in [5.41, 5.74) is 3.83. The monoisotopic (exact) mass is 171 g/mol. The summed E-state index contributed by atoms with van der Waals surface area (Å²) in [5.74, 6) is 0. The molecule has 0 N–H and O–H groups in total. The number of hydrogen-bond donors (Lipinski definition) is 0. The molecule has 2 rings (SSSR count). The minimum absolute atomic E-state index is 1.09. The molecule has 1 heteroatoms. The van der Waals surface area contributed by atoms with Gasteiger partial charge >= 0.3 is 0 Å². The molecule has 0 aromatic carbocycles. The molecule has 0 saturated carbocycles. The number of aromatic nitrogens is 1. The van der Waals surface area contributed by atoms with Crippen LogP contribution in [0.3, 0.4) is 0 Å². The minimum atomic E-state index is 1.09. The highest BCUT2D eigenvalue weighted by Gasteiger charge is 2.02. The molecular weight excluding hydrogens is 158 g/mol. The standard InChI is InChI=1S/C12H13N/c1-10-9-12(7-8-13-10)11-5-3-2-4-6-11/h2-3,5,7-9H,4,6H2,1H3. The molecule has 13 heavy (non-hydrogen) atoms. The Labute approximate surface area is 78.8 Å². The van der Waals surface area contributed by atoms with Crippen LogP contribution in [0.1, 0.15) is 24.1 Å². The number of aryl methyl sites for hydroxylation is 1. The minimum Gasteiger partial charge on any atom is -0.262 e. The van der Waals surface area contributed by atoms with E-state index < -0.39 is 0 Å². The topological polar surface area (TPSA) is 12.9 Å². The van der Waals surface area contributed by atoms with E-state index in [1.54, 1.807) is 0 Å². The molecule has 66 valence electrons. The maximum Gasteiger partial charge on any atom is 0.0378 e. The number of allylic oxidation sites excluding steroid dienone is 4. The third-order valence-electron chi connectivity index (χ3n) is 2.28. The van der Waals surface area contributed by atoms with Crippen LogP contribution >= 0.6 is 0 Å². The molecule has 1 heterocycles. The molecule has 0 saturated heterocycles. The van der Waals surface area contributed by atoms with E-state index in [0.29, 0.717) is 0 Å². The lowest BCUT2D eigenvalue weighted by Gasteiger charge is -2.08. The average molecular weight is 171 g/mol. The molecule has 1 aliphatic rings. The first kappa shape index (κ1) is 8.24. The van der Waals surface area contributed by atoms with Crippen molar-refractivity contribution in [2.24, 2.45) is 0 Å². The molecule has 0 unspecified atom stereocenters. The van der Waals surface area contributed by atoms with Crippen LogP contribution in [-0.4, -0.2) is 4.98 Å². The Morgan fingerprint density at radius 3 is 3.00 bits per heavy atom. The highest BCUT2D eigenvalue weighted by atomic mass is 14.6. The zero-order valence-electron chi connectivity index (χ0n) is 7.83. The van der Waals surface area contributed by atoms with Crippen LogP contribution in [0.5, 0.6) is 0 Å². The normalized spacial score (nSPS) is 15.6. The predicted molar refractivity (Wildman–Crippen MR) is 55.3 cm³/mol. The molecular formula is C12H13N. The van der Waals surface area contributed by atoms with Gasteiger partial charge in [-0.3, -0.25) is 4.98 Å². The SMILES string of the molecule is Cc1cc(C2=CC=CCC2)ccn1. The molecule has 0 radical (unpaired) electrons. The smallest absolute Gasteiger partial charge is 0.0378 e. The van der Waals surface area contributed by atoms with Crippen molar-refractivity contribution in [1.29, 1.82) is 0 Å². The predicted octanol–water partition coefficient (Wildman–Crippen LogP) is 3.12. The molecule has 1 aromatic rings. The fraction of sp³-hybridized carbons (Fsp3) is 0.250. The van der Waals surface area contributed by atoms with E-state index in [-0.39, 0.29) is 0 Å². The van der Waals surface area contributed by atoms with Crippen LogP contribution in [0.4, 0.5) is 0 Å². The Bertz CT molecular complexity index is 361. The van der Waals surface area contributed by atoms with Crippen molar-refractivity contribution < 1.29 is 0 Å². The van der Waals surface area contributed by atoms with Crippen LogP contribution in [0.2, 0.25) is 0 Å². The average Bonchev–Trinajstić information content (AvgIpc) is 2.19. The zero-order chi connectivity index (χ0) is 9.10. The molecule has 0 bridgehead atoms. The van der Waals surface area contributed by atoms with Crippen molar-refractivity contribution in [1.82, 2.24) is 4.98 Å². The van der Waals surface area contributed by atoms with E-state index in [0.717, 1.165) is 18.5 Å². The van der Waals surface area contributed by atoms with Crippen molar-refractivity contribution in [3.8, 4) is 0 Å². The van der Waals surface area contributed by atoms with E-state index in [1.165, 1.54) is 11.1 Å².